The summed E-state index contributed by atoms with van der Waals surface area (Å²) in [5.74, 6) is -3.72. The molecule has 6 unspecified atom stereocenters. The smallest absolute Gasteiger partial charge is 0.260 e. The number of hydrogen-bond donors (Lipinski definition) is 3. The van der Waals surface area contributed by atoms with Crippen molar-refractivity contribution in [2.75, 3.05) is 25.2 Å². The van der Waals surface area contributed by atoms with Crippen LogP contribution in [0.25, 0.3) is 0 Å². The first-order valence-corrected chi connectivity index (χ1v) is 18.2. The maximum atomic E-state index is 15.3. The van der Waals surface area contributed by atoms with E-state index in [1.165, 1.54) is 4.90 Å². The molecule has 10 nitrogen and oxygen atoms in total. The van der Waals surface area contributed by atoms with Gasteiger partial charge < -0.3 is 14.9 Å². The highest BCUT2D eigenvalue weighted by molar-refractivity contribution is 6.13. The molecule has 2 saturated heterocycles. The lowest BCUT2D eigenvalue weighted by atomic mass is 9.49. The second-order valence-electron chi connectivity index (χ2n) is 14.5. The van der Waals surface area contributed by atoms with E-state index >= 15 is 4.79 Å². The van der Waals surface area contributed by atoms with Crippen LogP contribution in [-0.4, -0.2) is 63.5 Å². The third-order valence-electron chi connectivity index (χ3n) is 11.6. The number of benzene rings is 4. The predicted octanol–water partition coefficient (Wildman–Crippen LogP) is 5.30. The fourth-order valence-corrected chi connectivity index (χ4v) is 9.23. The van der Waals surface area contributed by atoms with Crippen LogP contribution < -0.4 is 10.2 Å². The molecule has 0 spiro atoms. The molecule has 6 atom stereocenters. The van der Waals surface area contributed by atoms with Crippen molar-refractivity contribution in [2.45, 2.75) is 37.5 Å². The molecule has 8 rings (SSSR count). The first kappa shape index (κ1) is 34.4. The van der Waals surface area contributed by atoms with Crippen molar-refractivity contribution in [1.82, 2.24) is 9.91 Å². The number of hydrazine groups is 1. The zero-order valence-corrected chi connectivity index (χ0v) is 29.4. The van der Waals surface area contributed by atoms with Crippen LogP contribution >= 0.6 is 0 Å². The number of aryl methyl sites for hydroxylation is 1. The van der Waals surface area contributed by atoms with Gasteiger partial charge in [0.25, 0.3) is 11.8 Å². The molecule has 4 amide bonds. The molecule has 3 N–H and O–H groups in total. The summed E-state index contributed by atoms with van der Waals surface area (Å²) in [6, 6.07) is 31.0. The van der Waals surface area contributed by atoms with Crippen LogP contribution in [0.15, 0.2) is 115 Å². The third kappa shape index (κ3) is 5.68. The van der Waals surface area contributed by atoms with Crippen LogP contribution in [-0.2, 0) is 31.0 Å². The zero-order valence-electron chi connectivity index (χ0n) is 29.4. The molecule has 2 heterocycles. The SMILES string of the molecule is Cc1ccc(NN2C(=O)C3CC4C(=CCC5C(=O)N(CCc6ccc(O)cc6)C(=O)C54)C(c4ccc(OCCO)cc4)C3(c3ccccc3)C2=O)cc1. The van der Waals surface area contributed by atoms with E-state index in [0.717, 1.165) is 27.3 Å². The molecule has 4 aliphatic rings. The van der Waals surface area contributed by atoms with E-state index < -0.39 is 35.0 Å². The third-order valence-corrected chi connectivity index (χ3v) is 11.6. The van der Waals surface area contributed by atoms with E-state index in [-0.39, 0.29) is 55.6 Å². The maximum absolute atomic E-state index is 15.3. The number of ether oxygens (including phenoxy) is 1. The molecule has 1 saturated carbocycles. The van der Waals surface area contributed by atoms with Crippen LogP contribution in [0.1, 0.15) is 41.0 Å². The van der Waals surface area contributed by atoms with Crippen LogP contribution in [0.4, 0.5) is 5.69 Å². The number of likely N-dealkylation sites (tertiary alicyclic amines) is 1. The number of carbonyl (C=O) groups excluding carboxylic acids is 4. The summed E-state index contributed by atoms with van der Waals surface area (Å²) >= 11 is 0. The number of imide groups is 2. The zero-order chi connectivity index (χ0) is 36.9. The number of nitrogens with one attached hydrogen (secondary N) is 1. The lowest BCUT2D eigenvalue weighted by molar-refractivity contribution is -0.141. The Morgan fingerprint density at radius 3 is 2.25 bits per heavy atom. The average Bonchev–Trinajstić information content (AvgIpc) is 3.55. The summed E-state index contributed by atoms with van der Waals surface area (Å²) < 4.78 is 5.68. The van der Waals surface area contributed by atoms with E-state index in [4.69, 9.17) is 4.74 Å². The van der Waals surface area contributed by atoms with E-state index in [1.54, 1.807) is 36.4 Å². The van der Waals surface area contributed by atoms with Crippen molar-refractivity contribution < 1.29 is 34.1 Å². The van der Waals surface area contributed by atoms with E-state index in [2.05, 4.69) is 11.5 Å². The number of aliphatic hydroxyl groups excluding tert-OH is 1. The summed E-state index contributed by atoms with van der Waals surface area (Å²) in [5.41, 5.74) is 6.67. The van der Waals surface area contributed by atoms with Crippen LogP contribution in [0.2, 0.25) is 0 Å². The summed E-state index contributed by atoms with van der Waals surface area (Å²) in [6.07, 6.45) is 3.06. The predicted molar refractivity (Wildman–Crippen MR) is 196 cm³/mol. The molecule has 270 valence electrons. The number of carbonyl (C=O) groups is 4. The van der Waals surface area contributed by atoms with E-state index in [9.17, 15) is 24.6 Å². The number of hydrogen-bond acceptors (Lipinski definition) is 8. The minimum absolute atomic E-state index is 0.126. The molecule has 10 heteroatoms. The summed E-state index contributed by atoms with van der Waals surface area (Å²) in [5, 5.41) is 20.2. The lowest BCUT2D eigenvalue weighted by Crippen LogP contribution is -2.53. The number of amides is 4. The van der Waals surface area contributed by atoms with Crippen molar-refractivity contribution in [3.8, 4) is 11.5 Å². The number of anilines is 1. The van der Waals surface area contributed by atoms with Crippen LogP contribution in [0.5, 0.6) is 11.5 Å². The Morgan fingerprint density at radius 2 is 1.55 bits per heavy atom. The highest BCUT2D eigenvalue weighted by Gasteiger charge is 2.70. The molecule has 0 radical (unpaired) electrons. The van der Waals surface area contributed by atoms with Gasteiger partial charge in [0.15, 0.2) is 0 Å². The van der Waals surface area contributed by atoms with Gasteiger partial charge in [0.2, 0.25) is 11.8 Å². The Labute approximate surface area is 307 Å². The van der Waals surface area contributed by atoms with Gasteiger partial charge in [0, 0.05) is 12.5 Å². The van der Waals surface area contributed by atoms with Crippen LogP contribution in [0, 0.1) is 30.6 Å². The minimum atomic E-state index is -1.36. The monoisotopic (exact) mass is 711 g/mol. The fraction of sp³-hybridized carbons (Fsp3) is 0.302. The number of rotatable bonds is 10. The standard InChI is InChI=1S/C43H41N3O7/c1-26-7-13-30(14-8-26)44-46-40(50)36-25-35-33(19-20-34-37(35)41(51)45(39(34)49)22-21-27-9-15-31(48)16-10-27)38(28-11-17-32(18-12-28)53-24-23-47)43(36,42(46)52)29-5-3-2-4-6-29/h2-19,34-38,44,47-48H,20-25H2,1H3. The highest BCUT2D eigenvalue weighted by Crippen LogP contribution is 2.64. The molecule has 3 fully saturated rings. The number of fused-ring (bicyclic) bond motifs is 4. The lowest BCUT2D eigenvalue weighted by Gasteiger charge is -2.50. The van der Waals surface area contributed by atoms with Gasteiger partial charge in [-0.05, 0) is 85.2 Å². The molecular weight excluding hydrogens is 670 g/mol. The van der Waals surface area contributed by atoms with E-state index in [1.807, 2.05) is 73.7 Å². The molecule has 4 aromatic rings. The summed E-state index contributed by atoms with van der Waals surface area (Å²) in [7, 11) is 0. The fourth-order valence-electron chi connectivity index (χ4n) is 9.23. The van der Waals surface area contributed by atoms with Gasteiger partial charge in [-0.3, -0.25) is 29.5 Å². The summed E-state index contributed by atoms with van der Waals surface area (Å²) in [6.45, 7) is 2.16. The van der Waals surface area contributed by atoms with E-state index in [0.29, 0.717) is 29.8 Å². The van der Waals surface area contributed by atoms with Gasteiger partial charge in [-0.15, -0.1) is 0 Å². The van der Waals surface area contributed by atoms with Gasteiger partial charge in [0.1, 0.15) is 18.1 Å². The Balaban J connectivity index is 1.23. The maximum Gasteiger partial charge on any atom is 0.260 e. The largest absolute Gasteiger partial charge is 0.508 e. The molecule has 53 heavy (non-hydrogen) atoms. The van der Waals surface area contributed by atoms with Crippen molar-refractivity contribution in [3.63, 3.8) is 0 Å². The second-order valence-corrected chi connectivity index (χ2v) is 14.5. The number of aliphatic hydroxyl groups is 1. The van der Waals surface area contributed by atoms with Crippen molar-refractivity contribution in [2.24, 2.45) is 23.7 Å². The average molecular weight is 712 g/mol. The Kier molecular flexibility index (Phi) is 8.86. The van der Waals surface area contributed by atoms with Gasteiger partial charge in [-0.1, -0.05) is 83.9 Å². The van der Waals surface area contributed by atoms with Crippen molar-refractivity contribution in [3.05, 3.63) is 137 Å². The minimum Gasteiger partial charge on any atom is -0.508 e. The number of aromatic hydroxyl groups is 1. The number of phenols is 1. The van der Waals surface area contributed by atoms with Crippen molar-refractivity contribution >= 4 is 29.3 Å². The van der Waals surface area contributed by atoms with Crippen molar-refractivity contribution in [1.29, 1.82) is 0 Å². The Morgan fingerprint density at radius 1 is 0.830 bits per heavy atom. The molecule has 2 aliphatic heterocycles. The number of phenolic OH excluding ortho intramolecular Hbond substituents is 1. The quantitative estimate of drug-likeness (QED) is 0.149. The molecular formula is C43H41N3O7. The normalized spacial score (nSPS) is 26.2. The molecule has 2 aliphatic carbocycles. The molecule has 0 bridgehead atoms. The summed E-state index contributed by atoms with van der Waals surface area (Å²) in [4.78, 5) is 59.8. The Hall–Kier alpha value is -5.74. The first-order chi connectivity index (χ1) is 25.7. The highest BCUT2D eigenvalue weighted by atomic mass is 16.5. The van der Waals surface area contributed by atoms with Gasteiger partial charge in [0.05, 0.1) is 35.5 Å². The second kappa shape index (κ2) is 13.7. The van der Waals surface area contributed by atoms with Gasteiger partial charge >= 0.3 is 0 Å². The topological polar surface area (TPSA) is 136 Å². The first-order valence-electron chi connectivity index (χ1n) is 18.2. The molecule has 0 aromatic heterocycles. The number of allylic oxidation sites excluding steroid dienone is 2. The van der Waals surface area contributed by atoms with Gasteiger partial charge in [-0.2, -0.15) is 5.01 Å². The van der Waals surface area contributed by atoms with Crippen LogP contribution in [0.3, 0.4) is 0 Å². The Bertz CT molecular complexity index is 2080. The number of nitrogens with zero attached hydrogens (tertiary/aromatic N) is 2. The molecule has 4 aromatic carbocycles. The van der Waals surface area contributed by atoms with Gasteiger partial charge in [-0.25, -0.2) is 0 Å².